The molecule has 0 heterocycles. The lowest BCUT2D eigenvalue weighted by atomic mass is 10.0. The fourth-order valence-electron chi connectivity index (χ4n) is 0.359. The number of rotatable bonds is 3. The molecule has 0 aliphatic rings. The van der Waals surface area contributed by atoms with Crippen LogP contribution in [0.3, 0.4) is 0 Å². The predicted octanol–water partition coefficient (Wildman–Crippen LogP) is -0.605. The summed E-state index contributed by atoms with van der Waals surface area (Å²) in [5.41, 5.74) is -1.62. The second-order valence-corrected chi connectivity index (χ2v) is 2.48. The van der Waals surface area contributed by atoms with Gasteiger partial charge in [-0.05, 0) is 6.92 Å². The molecule has 0 amide bonds. The fraction of sp³-hybridized carbons (Fsp3) is 1.00. The van der Waals surface area contributed by atoms with Gasteiger partial charge >= 0.3 is 0 Å². The summed E-state index contributed by atoms with van der Waals surface area (Å²) >= 11 is 0. The second-order valence-electron chi connectivity index (χ2n) is 2.48. The Bertz CT molecular complexity index is 134. The van der Waals surface area contributed by atoms with E-state index in [-0.39, 0.29) is 0 Å². The van der Waals surface area contributed by atoms with Gasteiger partial charge in [-0.3, -0.25) is 10.1 Å². The summed E-state index contributed by atoms with van der Waals surface area (Å²) in [4.78, 5) is 9.41. The Kier molecular flexibility index (Phi) is 2.74. The molecule has 0 saturated heterocycles. The van der Waals surface area contributed by atoms with Crippen LogP contribution in [0.2, 0.25) is 0 Å². The Balaban J connectivity index is 4.17. The highest BCUT2D eigenvalue weighted by molar-refractivity contribution is 4.77. The van der Waals surface area contributed by atoms with Crippen LogP contribution in [0.4, 0.5) is 0 Å². The van der Waals surface area contributed by atoms with Gasteiger partial charge in [-0.1, -0.05) is 0 Å². The number of nitrogens with zero attached hydrogens (tertiary/aromatic N) is 1. The van der Waals surface area contributed by atoms with E-state index in [4.69, 9.17) is 10.2 Å². The molecule has 0 aromatic rings. The van der Waals surface area contributed by atoms with Crippen molar-refractivity contribution in [1.82, 2.24) is 0 Å². The van der Waals surface area contributed by atoms with Crippen LogP contribution in [0.1, 0.15) is 13.8 Å². The van der Waals surface area contributed by atoms with Gasteiger partial charge in [0.2, 0.25) is 6.04 Å². The predicted molar refractivity (Wildman–Crippen MR) is 34.2 cm³/mol. The van der Waals surface area contributed by atoms with E-state index in [0.717, 1.165) is 0 Å². The van der Waals surface area contributed by atoms with E-state index in [9.17, 15) is 10.1 Å². The molecule has 10 heavy (non-hydrogen) atoms. The maximum absolute atomic E-state index is 10.0. The lowest BCUT2D eigenvalue weighted by molar-refractivity contribution is -0.540. The highest BCUT2D eigenvalue weighted by Crippen LogP contribution is 2.10. The average Bonchev–Trinajstić information content (AvgIpc) is 1.86. The van der Waals surface area contributed by atoms with Gasteiger partial charge in [0.25, 0.3) is 0 Å². The third-order valence-corrected chi connectivity index (χ3v) is 1.54. The SMILES string of the molecule is CC([N+](=O)[O-])C(C)(O)CO. The quantitative estimate of drug-likeness (QED) is 0.414. The molecule has 0 bridgehead atoms. The van der Waals surface area contributed by atoms with Crippen molar-refractivity contribution in [2.24, 2.45) is 0 Å². The Labute approximate surface area is 58.4 Å². The lowest BCUT2D eigenvalue weighted by Crippen LogP contribution is -2.45. The monoisotopic (exact) mass is 149 g/mol. The van der Waals surface area contributed by atoms with Crippen molar-refractivity contribution in [2.75, 3.05) is 6.61 Å². The van der Waals surface area contributed by atoms with Gasteiger partial charge in [-0.2, -0.15) is 0 Å². The van der Waals surface area contributed by atoms with Crippen molar-refractivity contribution in [2.45, 2.75) is 25.5 Å². The Morgan fingerprint density at radius 1 is 1.80 bits per heavy atom. The van der Waals surface area contributed by atoms with Gasteiger partial charge in [-0.25, -0.2) is 0 Å². The normalized spacial score (nSPS) is 19.6. The molecule has 5 nitrogen and oxygen atoms in total. The number of hydrogen-bond acceptors (Lipinski definition) is 4. The molecule has 0 aromatic heterocycles. The molecule has 0 fully saturated rings. The molecule has 60 valence electrons. The highest BCUT2D eigenvalue weighted by Gasteiger charge is 2.36. The highest BCUT2D eigenvalue weighted by atomic mass is 16.6. The molecular weight excluding hydrogens is 138 g/mol. The van der Waals surface area contributed by atoms with Crippen molar-refractivity contribution < 1.29 is 15.1 Å². The summed E-state index contributed by atoms with van der Waals surface area (Å²) in [6.45, 7) is 1.87. The second kappa shape index (κ2) is 2.94. The largest absolute Gasteiger partial charge is 0.393 e. The van der Waals surface area contributed by atoms with E-state index < -0.39 is 23.2 Å². The van der Waals surface area contributed by atoms with E-state index in [1.54, 1.807) is 0 Å². The first-order valence-electron chi connectivity index (χ1n) is 2.88. The minimum atomic E-state index is -1.62. The minimum Gasteiger partial charge on any atom is -0.393 e. The van der Waals surface area contributed by atoms with Crippen LogP contribution < -0.4 is 0 Å². The van der Waals surface area contributed by atoms with Gasteiger partial charge in [0, 0.05) is 11.8 Å². The van der Waals surface area contributed by atoms with Crippen molar-refractivity contribution in [1.29, 1.82) is 0 Å². The van der Waals surface area contributed by atoms with E-state index in [1.807, 2.05) is 0 Å². The van der Waals surface area contributed by atoms with Crippen molar-refractivity contribution in [3.63, 3.8) is 0 Å². The first-order chi connectivity index (χ1) is 4.41. The minimum absolute atomic E-state index is 0.602. The zero-order valence-electron chi connectivity index (χ0n) is 5.94. The van der Waals surface area contributed by atoms with E-state index in [0.29, 0.717) is 0 Å². The molecule has 0 aliphatic carbocycles. The molecule has 0 rings (SSSR count). The molecule has 2 unspecified atom stereocenters. The Morgan fingerprint density at radius 3 is 2.30 bits per heavy atom. The summed E-state index contributed by atoms with van der Waals surface area (Å²) < 4.78 is 0. The first-order valence-corrected chi connectivity index (χ1v) is 2.88. The van der Waals surface area contributed by atoms with Crippen molar-refractivity contribution in [3.05, 3.63) is 10.1 Å². The third-order valence-electron chi connectivity index (χ3n) is 1.54. The fourth-order valence-corrected chi connectivity index (χ4v) is 0.359. The Hall–Kier alpha value is -0.680. The molecular formula is C5H11NO4. The zero-order valence-corrected chi connectivity index (χ0v) is 5.94. The van der Waals surface area contributed by atoms with Gasteiger partial charge in [0.1, 0.15) is 0 Å². The smallest absolute Gasteiger partial charge is 0.240 e. The average molecular weight is 149 g/mol. The zero-order chi connectivity index (χ0) is 8.36. The summed E-state index contributed by atoms with van der Waals surface area (Å²) in [5, 5.41) is 27.6. The van der Waals surface area contributed by atoms with Crippen LogP contribution in [-0.2, 0) is 0 Å². The van der Waals surface area contributed by atoms with Crippen LogP contribution in [0.25, 0.3) is 0 Å². The summed E-state index contributed by atoms with van der Waals surface area (Å²) in [7, 11) is 0. The van der Waals surface area contributed by atoms with Gasteiger partial charge in [-0.15, -0.1) is 0 Å². The molecule has 0 spiro atoms. The van der Waals surface area contributed by atoms with E-state index >= 15 is 0 Å². The van der Waals surface area contributed by atoms with Crippen LogP contribution in [-0.4, -0.2) is 33.4 Å². The summed E-state index contributed by atoms with van der Waals surface area (Å²) in [5.74, 6) is 0. The number of hydrogen-bond donors (Lipinski definition) is 2. The first kappa shape index (κ1) is 9.32. The molecule has 0 saturated carbocycles. The molecule has 2 N–H and O–H groups in total. The van der Waals surface area contributed by atoms with Crippen LogP contribution in [0.15, 0.2) is 0 Å². The molecule has 0 radical (unpaired) electrons. The van der Waals surface area contributed by atoms with Gasteiger partial charge < -0.3 is 10.2 Å². The molecule has 2 atom stereocenters. The van der Waals surface area contributed by atoms with Gasteiger partial charge in [0.05, 0.1) is 6.61 Å². The van der Waals surface area contributed by atoms with Crippen LogP contribution >= 0.6 is 0 Å². The van der Waals surface area contributed by atoms with Crippen LogP contribution in [0.5, 0.6) is 0 Å². The third kappa shape index (κ3) is 1.93. The number of nitro groups is 1. The van der Waals surface area contributed by atoms with E-state index in [1.165, 1.54) is 13.8 Å². The standard InChI is InChI=1S/C5H11NO4/c1-4(6(9)10)5(2,8)3-7/h4,7-8H,3H2,1-2H3. The molecule has 0 aromatic carbocycles. The Morgan fingerprint density at radius 2 is 2.20 bits per heavy atom. The molecule has 5 heteroatoms. The number of aliphatic hydroxyl groups is 2. The van der Waals surface area contributed by atoms with Crippen molar-refractivity contribution in [3.8, 4) is 0 Å². The summed E-state index contributed by atoms with van der Waals surface area (Å²) in [6, 6.07) is -1.14. The van der Waals surface area contributed by atoms with E-state index in [2.05, 4.69) is 0 Å². The van der Waals surface area contributed by atoms with Crippen LogP contribution in [0, 0.1) is 10.1 Å². The summed E-state index contributed by atoms with van der Waals surface area (Å²) in [6.07, 6.45) is 0. The molecule has 0 aliphatic heterocycles. The van der Waals surface area contributed by atoms with Gasteiger partial charge in [0.15, 0.2) is 5.60 Å². The topological polar surface area (TPSA) is 83.6 Å². The lowest BCUT2D eigenvalue weighted by Gasteiger charge is -2.20. The van der Waals surface area contributed by atoms with Crippen molar-refractivity contribution >= 4 is 0 Å². The maximum Gasteiger partial charge on any atom is 0.240 e. The maximum atomic E-state index is 10.0. The number of aliphatic hydroxyl groups excluding tert-OH is 1.